The van der Waals surface area contributed by atoms with E-state index in [1.807, 2.05) is 0 Å². The van der Waals surface area contributed by atoms with Gasteiger partial charge in [-0.05, 0) is 24.6 Å². The molecule has 0 aliphatic heterocycles. The van der Waals surface area contributed by atoms with E-state index < -0.39 is 30.9 Å². The van der Waals surface area contributed by atoms with Gasteiger partial charge < -0.3 is 15.4 Å². The predicted octanol–water partition coefficient (Wildman–Crippen LogP) is 4.22. The van der Waals surface area contributed by atoms with Crippen LogP contribution < -0.4 is 15.4 Å². The fourth-order valence-electron chi connectivity index (χ4n) is 2.85. The Hall–Kier alpha value is -3.55. The zero-order chi connectivity index (χ0) is 25.0. The Labute approximate surface area is 194 Å². The van der Waals surface area contributed by atoms with Crippen molar-refractivity contribution >= 4 is 23.3 Å². The molecule has 0 unspecified atom stereocenters. The normalized spacial score (nSPS) is 11.6. The SMILES string of the molecule is Cc1cc(CNC(=O)Nc2cnc(OCC(F)F)c(Cl)c2)nnc1-c1cn(C)nc1C(F)(F)F. The minimum atomic E-state index is -4.66. The Morgan fingerprint density at radius 3 is 2.62 bits per heavy atom. The topological polar surface area (TPSA) is 107 Å². The van der Waals surface area contributed by atoms with Crippen molar-refractivity contribution in [3.05, 3.63) is 46.5 Å². The highest BCUT2D eigenvalue weighted by molar-refractivity contribution is 6.32. The summed E-state index contributed by atoms with van der Waals surface area (Å²) < 4.78 is 69.9. The maximum absolute atomic E-state index is 13.2. The number of hydrogen-bond donors (Lipinski definition) is 2. The first kappa shape index (κ1) is 25.1. The van der Waals surface area contributed by atoms with E-state index in [0.717, 1.165) is 10.9 Å². The average Bonchev–Trinajstić information content (AvgIpc) is 3.13. The van der Waals surface area contributed by atoms with Crippen molar-refractivity contribution in [3.8, 4) is 17.1 Å². The third-order valence-electron chi connectivity index (χ3n) is 4.23. The molecular weight excluding hydrogens is 489 g/mol. The lowest BCUT2D eigenvalue weighted by Gasteiger charge is -2.11. The van der Waals surface area contributed by atoms with Crippen LogP contribution >= 0.6 is 11.6 Å². The monoisotopic (exact) mass is 505 g/mol. The van der Waals surface area contributed by atoms with Crippen LogP contribution in [0.4, 0.5) is 32.4 Å². The summed E-state index contributed by atoms with van der Waals surface area (Å²) >= 11 is 5.89. The van der Waals surface area contributed by atoms with E-state index in [2.05, 4.69) is 30.9 Å². The number of carbonyl (C=O) groups is 1. The number of aryl methyl sites for hydroxylation is 2. The molecule has 0 saturated carbocycles. The van der Waals surface area contributed by atoms with Gasteiger partial charge in [-0.2, -0.15) is 23.4 Å². The first-order chi connectivity index (χ1) is 15.9. The zero-order valence-electron chi connectivity index (χ0n) is 17.6. The van der Waals surface area contributed by atoms with Crippen LogP contribution in [0.3, 0.4) is 0 Å². The van der Waals surface area contributed by atoms with E-state index in [-0.39, 0.29) is 34.4 Å². The molecule has 0 aliphatic carbocycles. The highest BCUT2D eigenvalue weighted by atomic mass is 35.5. The van der Waals surface area contributed by atoms with Gasteiger partial charge in [-0.3, -0.25) is 4.68 Å². The molecule has 0 aliphatic rings. The number of anilines is 1. The molecule has 0 bridgehead atoms. The summed E-state index contributed by atoms with van der Waals surface area (Å²) in [6.45, 7) is 0.597. The molecule has 15 heteroatoms. The molecule has 0 spiro atoms. The predicted molar refractivity (Wildman–Crippen MR) is 111 cm³/mol. The summed E-state index contributed by atoms with van der Waals surface area (Å²) in [6.07, 6.45) is -4.99. The van der Waals surface area contributed by atoms with Crippen molar-refractivity contribution in [2.75, 3.05) is 11.9 Å². The van der Waals surface area contributed by atoms with Gasteiger partial charge in [0.05, 0.1) is 35.4 Å². The number of urea groups is 1. The zero-order valence-corrected chi connectivity index (χ0v) is 18.4. The number of halogens is 6. The highest BCUT2D eigenvalue weighted by Gasteiger charge is 2.38. The lowest BCUT2D eigenvalue weighted by Crippen LogP contribution is -2.28. The summed E-state index contributed by atoms with van der Waals surface area (Å²) in [5.41, 5.74) is -0.399. The Morgan fingerprint density at radius 2 is 2.00 bits per heavy atom. The summed E-state index contributed by atoms with van der Waals surface area (Å²) in [5.74, 6) is -0.207. The molecule has 34 heavy (non-hydrogen) atoms. The number of aromatic nitrogens is 5. The van der Waals surface area contributed by atoms with Gasteiger partial charge in [-0.25, -0.2) is 18.6 Å². The van der Waals surface area contributed by atoms with E-state index in [1.54, 1.807) is 6.92 Å². The number of amides is 2. The van der Waals surface area contributed by atoms with Gasteiger partial charge in [0.25, 0.3) is 6.43 Å². The first-order valence-electron chi connectivity index (χ1n) is 9.49. The van der Waals surface area contributed by atoms with Crippen molar-refractivity contribution in [3.63, 3.8) is 0 Å². The molecule has 3 aromatic rings. The number of nitrogens with one attached hydrogen (secondary N) is 2. The van der Waals surface area contributed by atoms with Gasteiger partial charge >= 0.3 is 12.2 Å². The molecule has 0 atom stereocenters. The van der Waals surface area contributed by atoms with Gasteiger partial charge in [-0.15, -0.1) is 5.10 Å². The van der Waals surface area contributed by atoms with Crippen molar-refractivity contribution in [2.24, 2.45) is 7.05 Å². The molecule has 0 fully saturated rings. The number of carbonyl (C=O) groups excluding carboxylic acids is 1. The van der Waals surface area contributed by atoms with Crippen LogP contribution in [0.25, 0.3) is 11.3 Å². The summed E-state index contributed by atoms with van der Waals surface area (Å²) in [4.78, 5) is 15.9. The molecule has 0 aromatic carbocycles. The number of alkyl halides is 5. The first-order valence-corrected chi connectivity index (χ1v) is 9.87. The van der Waals surface area contributed by atoms with Crippen LogP contribution in [0, 0.1) is 6.92 Å². The number of pyridine rings is 1. The van der Waals surface area contributed by atoms with Crippen LogP contribution in [0.15, 0.2) is 24.5 Å². The second-order valence-electron chi connectivity index (χ2n) is 6.95. The molecule has 2 amide bonds. The molecule has 3 rings (SSSR count). The van der Waals surface area contributed by atoms with Crippen LogP contribution in [-0.4, -0.2) is 44.0 Å². The van der Waals surface area contributed by atoms with E-state index >= 15 is 0 Å². The second-order valence-corrected chi connectivity index (χ2v) is 7.36. The lowest BCUT2D eigenvalue weighted by molar-refractivity contribution is -0.141. The largest absolute Gasteiger partial charge is 0.471 e. The van der Waals surface area contributed by atoms with Gasteiger partial charge in [0, 0.05) is 13.2 Å². The Bertz CT molecular complexity index is 1190. The average molecular weight is 506 g/mol. The van der Waals surface area contributed by atoms with Gasteiger partial charge in [-0.1, -0.05) is 11.6 Å². The molecule has 3 heterocycles. The van der Waals surface area contributed by atoms with Gasteiger partial charge in [0.1, 0.15) is 5.02 Å². The maximum atomic E-state index is 13.2. The smallest absolute Gasteiger partial charge is 0.435 e. The number of nitrogens with zero attached hydrogens (tertiary/aromatic N) is 5. The van der Waals surface area contributed by atoms with E-state index in [0.29, 0.717) is 11.3 Å². The fraction of sp³-hybridized carbons (Fsp3) is 0.316. The number of rotatable bonds is 7. The van der Waals surface area contributed by atoms with Crippen LogP contribution in [-0.2, 0) is 19.8 Å². The number of hydrogen-bond acceptors (Lipinski definition) is 6. The quantitative estimate of drug-likeness (QED) is 0.466. The molecule has 3 aromatic heterocycles. The van der Waals surface area contributed by atoms with Gasteiger partial charge in [0.2, 0.25) is 5.88 Å². The van der Waals surface area contributed by atoms with E-state index in [1.165, 1.54) is 25.4 Å². The standard InChI is InChI=1S/C19H17ClF5N7O2/c1-9-3-11(29-30-15(9)12-7-32(2)31-16(12)19(23,24)25)6-27-18(33)28-10-4-13(20)17(26-5-10)34-8-14(21)22/h3-5,7,14H,6,8H2,1-2H3,(H2,27,28,33). The highest BCUT2D eigenvalue weighted by Crippen LogP contribution is 2.36. The van der Waals surface area contributed by atoms with Crippen molar-refractivity contribution in [2.45, 2.75) is 26.1 Å². The molecule has 0 saturated heterocycles. The molecule has 0 radical (unpaired) electrons. The summed E-state index contributed by atoms with van der Waals surface area (Å²) in [6, 6.07) is 2.08. The van der Waals surface area contributed by atoms with Crippen LogP contribution in [0.1, 0.15) is 17.0 Å². The third-order valence-corrected chi connectivity index (χ3v) is 4.50. The Morgan fingerprint density at radius 1 is 1.26 bits per heavy atom. The summed E-state index contributed by atoms with van der Waals surface area (Å²) in [5, 5.41) is 16.1. The third kappa shape index (κ3) is 6.27. The van der Waals surface area contributed by atoms with Crippen molar-refractivity contribution in [1.29, 1.82) is 0 Å². The molecule has 182 valence electrons. The van der Waals surface area contributed by atoms with Gasteiger partial charge in [0.15, 0.2) is 12.3 Å². The second kappa shape index (κ2) is 10.2. The maximum Gasteiger partial charge on any atom is 0.435 e. The fourth-order valence-corrected chi connectivity index (χ4v) is 3.07. The Balaban J connectivity index is 1.63. The minimum absolute atomic E-state index is 0.0171. The minimum Gasteiger partial charge on any atom is -0.471 e. The summed E-state index contributed by atoms with van der Waals surface area (Å²) in [7, 11) is 1.37. The number of ether oxygens (including phenoxy) is 1. The van der Waals surface area contributed by atoms with Crippen molar-refractivity contribution < 1.29 is 31.5 Å². The Kier molecular flexibility index (Phi) is 7.49. The van der Waals surface area contributed by atoms with Crippen molar-refractivity contribution in [1.82, 2.24) is 30.3 Å². The van der Waals surface area contributed by atoms with E-state index in [9.17, 15) is 26.7 Å². The molecule has 9 nitrogen and oxygen atoms in total. The molecular formula is C19H17ClF5N7O2. The van der Waals surface area contributed by atoms with E-state index in [4.69, 9.17) is 16.3 Å². The van der Waals surface area contributed by atoms with Crippen LogP contribution in [0.5, 0.6) is 5.88 Å². The molecule has 2 N–H and O–H groups in total. The lowest BCUT2D eigenvalue weighted by atomic mass is 10.1. The van der Waals surface area contributed by atoms with Crippen LogP contribution in [0.2, 0.25) is 5.02 Å².